The number of hydrogen-bond acceptors (Lipinski definition) is 1. The van der Waals surface area contributed by atoms with Gasteiger partial charge in [-0.25, -0.2) is 0 Å². The van der Waals surface area contributed by atoms with Gasteiger partial charge in [0.15, 0.2) is 0 Å². The average molecular weight is 540 g/mol. The van der Waals surface area contributed by atoms with E-state index < -0.39 is 0 Å². The number of fused-ring (bicyclic) bond motifs is 3. The lowest BCUT2D eigenvalue weighted by Gasteiger charge is -2.27. The van der Waals surface area contributed by atoms with Crippen LogP contribution in [0.5, 0.6) is 0 Å². The van der Waals surface area contributed by atoms with Crippen molar-refractivity contribution < 1.29 is 0 Å². The van der Waals surface area contributed by atoms with E-state index in [2.05, 4.69) is 161 Å². The lowest BCUT2D eigenvalue weighted by molar-refractivity contribution is 0.590. The molecule has 2 heteroatoms. The highest BCUT2D eigenvalue weighted by Gasteiger charge is 2.24. The largest absolute Gasteiger partial charge is 0.309 e. The fraction of sp³-hybridized carbons (Fsp3) is 0.211. The van der Waals surface area contributed by atoms with E-state index in [1.807, 2.05) is 11.8 Å². The van der Waals surface area contributed by atoms with E-state index in [0.29, 0.717) is 0 Å². The molecule has 0 aliphatic rings. The van der Waals surface area contributed by atoms with Crippen LogP contribution in [0.2, 0.25) is 0 Å². The Morgan fingerprint density at radius 1 is 0.525 bits per heavy atom. The van der Waals surface area contributed by atoms with E-state index in [9.17, 15) is 0 Å². The lowest BCUT2D eigenvalue weighted by atomic mass is 9.83. The van der Waals surface area contributed by atoms with Crippen molar-refractivity contribution in [3.05, 3.63) is 121 Å². The molecule has 0 atom stereocenters. The fourth-order valence-corrected chi connectivity index (χ4v) is 6.70. The zero-order chi connectivity index (χ0) is 28.1. The summed E-state index contributed by atoms with van der Waals surface area (Å²) in [7, 11) is 0. The van der Waals surface area contributed by atoms with Crippen LogP contribution in [0.4, 0.5) is 0 Å². The summed E-state index contributed by atoms with van der Waals surface area (Å²) >= 11 is 1.96. The molecule has 0 saturated carbocycles. The van der Waals surface area contributed by atoms with Crippen molar-refractivity contribution in [2.75, 3.05) is 0 Å². The van der Waals surface area contributed by atoms with E-state index in [1.165, 1.54) is 60.2 Å². The normalized spacial score (nSPS) is 12.3. The first-order chi connectivity index (χ1) is 19.1. The quantitative estimate of drug-likeness (QED) is 0.202. The Bertz CT molecular complexity index is 1760. The van der Waals surface area contributed by atoms with E-state index in [0.717, 1.165) is 0 Å². The Balaban J connectivity index is 1.56. The maximum atomic E-state index is 2.43. The van der Waals surface area contributed by atoms with Crippen LogP contribution < -0.4 is 0 Å². The maximum Gasteiger partial charge on any atom is 0.0541 e. The Labute approximate surface area is 242 Å². The van der Waals surface area contributed by atoms with Gasteiger partial charge in [0.25, 0.3) is 0 Å². The third kappa shape index (κ3) is 4.97. The molecule has 0 spiro atoms. The smallest absolute Gasteiger partial charge is 0.0541 e. The molecule has 1 heterocycles. The molecule has 0 unspecified atom stereocenters. The van der Waals surface area contributed by atoms with Gasteiger partial charge < -0.3 is 4.57 Å². The minimum atomic E-state index is 0.0339. The van der Waals surface area contributed by atoms with Crippen molar-refractivity contribution in [2.24, 2.45) is 0 Å². The number of para-hydroxylation sites is 2. The zero-order valence-corrected chi connectivity index (χ0v) is 25.1. The number of nitrogens with zero attached hydrogens (tertiary/aromatic N) is 1. The Kier molecular flexibility index (Phi) is 6.63. The Morgan fingerprint density at radius 3 is 1.50 bits per heavy atom. The van der Waals surface area contributed by atoms with Crippen LogP contribution >= 0.6 is 11.8 Å². The van der Waals surface area contributed by atoms with Gasteiger partial charge in [-0.05, 0) is 69.6 Å². The van der Waals surface area contributed by atoms with Crippen molar-refractivity contribution in [2.45, 2.75) is 56.6 Å². The average Bonchev–Trinajstić information content (AvgIpc) is 3.27. The van der Waals surface area contributed by atoms with Crippen molar-refractivity contribution in [3.63, 3.8) is 0 Å². The van der Waals surface area contributed by atoms with Crippen LogP contribution in [0.15, 0.2) is 120 Å². The molecule has 1 nitrogen and oxygen atoms in total. The topological polar surface area (TPSA) is 4.93 Å². The molecular formula is C38H37NS. The van der Waals surface area contributed by atoms with Gasteiger partial charge in [-0.2, -0.15) is 0 Å². The van der Waals surface area contributed by atoms with E-state index in [1.54, 1.807) is 0 Å². The van der Waals surface area contributed by atoms with Gasteiger partial charge in [-0.1, -0.05) is 120 Å². The first kappa shape index (κ1) is 26.5. The van der Waals surface area contributed by atoms with Crippen LogP contribution in [0.3, 0.4) is 0 Å². The zero-order valence-electron chi connectivity index (χ0n) is 24.3. The fourth-order valence-electron chi connectivity index (χ4n) is 5.52. The van der Waals surface area contributed by atoms with Crippen LogP contribution in [0.1, 0.15) is 47.1 Å². The number of rotatable bonds is 4. The predicted molar refractivity (Wildman–Crippen MR) is 176 cm³/mol. The highest BCUT2D eigenvalue weighted by atomic mass is 32.2. The summed E-state index contributed by atoms with van der Waals surface area (Å²) in [5.41, 5.74) is 10.2. The monoisotopic (exact) mass is 539 g/mol. The standard InChI is InChI=1S/C38H37NS/c1-37(2,3)28-24-32(26-14-8-7-9-15-26)36(40-38(4,5)6)33(25-28)27-20-22-29(23-21-27)39-34-18-12-10-16-30(34)31-17-11-13-19-35(31)39/h7-25H,1-6H3. The van der Waals surface area contributed by atoms with Gasteiger partial charge in [0.1, 0.15) is 0 Å². The van der Waals surface area contributed by atoms with Crippen LogP contribution in [0.25, 0.3) is 49.7 Å². The molecular weight excluding hydrogens is 502 g/mol. The summed E-state index contributed by atoms with van der Waals surface area (Å²) < 4.78 is 2.46. The van der Waals surface area contributed by atoms with Crippen LogP contribution in [0, 0.1) is 0 Å². The summed E-state index contributed by atoms with van der Waals surface area (Å²) in [5.74, 6) is 0. The number of thioether (sulfide) groups is 1. The molecule has 0 amide bonds. The summed E-state index contributed by atoms with van der Waals surface area (Å²) in [6.07, 6.45) is 0. The van der Waals surface area contributed by atoms with Gasteiger partial charge in [0.05, 0.1) is 11.0 Å². The molecule has 1 aromatic heterocycles. The molecule has 0 radical (unpaired) electrons. The Hall–Kier alpha value is -3.75. The van der Waals surface area contributed by atoms with Crippen molar-refractivity contribution in [1.29, 1.82) is 0 Å². The lowest BCUT2D eigenvalue weighted by Crippen LogP contribution is -2.13. The molecule has 5 aromatic carbocycles. The second-order valence-electron chi connectivity index (χ2n) is 12.6. The number of benzene rings is 5. The second kappa shape index (κ2) is 10.0. The second-order valence-corrected chi connectivity index (χ2v) is 14.5. The van der Waals surface area contributed by atoms with Crippen molar-refractivity contribution >= 4 is 33.6 Å². The molecule has 0 saturated heterocycles. The SMILES string of the molecule is CC(C)(C)Sc1c(-c2ccccc2)cc(C(C)(C)C)cc1-c1ccc(-n2c3ccccc3c3ccccc32)cc1. The van der Waals surface area contributed by atoms with Gasteiger partial charge in [-0.15, -0.1) is 11.8 Å². The Morgan fingerprint density at radius 2 is 1.00 bits per heavy atom. The molecule has 200 valence electrons. The molecule has 40 heavy (non-hydrogen) atoms. The molecule has 0 N–H and O–H groups in total. The van der Waals surface area contributed by atoms with Crippen LogP contribution in [-0.2, 0) is 5.41 Å². The molecule has 6 rings (SSSR count). The minimum absolute atomic E-state index is 0.0339. The summed E-state index contributed by atoms with van der Waals surface area (Å²) in [4.78, 5) is 1.34. The first-order valence-electron chi connectivity index (χ1n) is 14.1. The van der Waals surface area contributed by atoms with Gasteiger partial charge >= 0.3 is 0 Å². The third-order valence-corrected chi connectivity index (χ3v) is 8.72. The highest BCUT2D eigenvalue weighted by Crippen LogP contribution is 2.47. The van der Waals surface area contributed by atoms with Gasteiger partial charge in [-0.3, -0.25) is 0 Å². The minimum Gasteiger partial charge on any atom is -0.309 e. The summed E-state index contributed by atoms with van der Waals surface area (Å²) in [6, 6.07) is 42.3. The maximum absolute atomic E-state index is 2.43. The first-order valence-corrected chi connectivity index (χ1v) is 14.9. The molecule has 0 bridgehead atoms. The van der Waals surface area contributed by atoms with E-state index in [-0.39, 0.29) is 10.2 Å². The summed E-state index contributed by atoms with van der Waals surface area (Å²) in [5, 5.41) is 2.58. The molecule has 6 aromatic rings. The molecule has 0 fully saturated rings. The van der Waals surface area contributed by atoms with E-state index in [4.69, 9.17) is 0 Å². The molecule has 0 aliphatic heterocycles. The predicted octanol–water partition coefficient (Wildman–Crippen LogP) is 11.3. The molecule has 0 aliphatic carbocycles. The van der Waals surface area contributed by atoms with Gasteiger partial charge in [0.2, 0.25) is 0 Å². The van der Waals surface area contributed by atoms with E-state index >= 15 is 0 Å². The van der Waals surface area contributed by atoms with Gasteiger partial charge in [0, 0.05) is 26.1 Å². The third-order valence-electron chi connectivity index (χ3n) is 7.46. The highest BCUT2D eigenvalue weighted by molar-refractivity contribution is 8.00. The van der Waals surface area contributed by atoms with Crippen molar-refractivity contribution in [1.82, 2.24) is 4.57 Å². The van der Waals surface area contributed by atoms with Crippen LogP contribution in [-0.4, -0.2) is 9.31 Å². The van der Waals surface area contributed by atoms with Crippen molar-refractivity contribution in [3.8, 4) is 27.9 Å². The number of hydrogen-bond donors (Lipinski definition) is 0. The number of aromatic nitrogens is 1. The summed E-state index contributed by atoms with van der Waals surface area (Å²) in [6.45, 7) is 13.8.